The molecular formula is C4H10O3S. The molecule has 0 amide bonds. The lowest BCUT2D eigenvalue weighted by atomic mass is 10.7. The average Bonchev–Trinajstić information content (AvgIpc) is 1.83. The largest absolute Gasteiger partial charge is 0.394 e. The third kappa shape index (κ3) is 4.39. The van der Waals surface area contributed by atoms with E-state index in [9.17, 15) is 0 Å². The molecule has 0 aliphatic carbocycles. The molecule has 3 nitrogen and oxygen atoms in total. The van der Waals surface area contributed by atoms with Crippen molar-refractivity contribution < 1.29 is 14.9 Å². The van der Waals surface area contributed by atoms with E-state index in [0.717, 1.165) is 0 Å². The van der Waals surface area contributed by atoms with Crippen LogP contribution >= 0.6 is 12.6 Å². The van der Waals surface area contributed by atoms with Gasteiger partial charge < -0.3 is 14.9 Å². The zero-order chi connectivity index (χ0) is 6.41. The van der Waals surface area contributed by atoms with Gasteiger partial charge in [-0.05, 0) is 0 Å². The van der Waals surface area contributed by atoms with Crippen LogP contribution in [0.25, 0.3) is 0 Å². The lowest BCUT2D eigenvalue weighted by Gasteiger charge is -2.05. The number of ether oxygens (including phenoxy) is 1. The first kappa shape index (κ1) is 8.23. The first-order valence-corrected chi connectivity index (χ1v) is 2.84. The third-order valence-electron chi connectivity index (χ3n) is 0.558. The number of thiol groups is 1. The van der Waals surface area contributed by atoms with Crippen LogP contribution in [-0.2, 0) is 4.74 Å². The van der Waals surface area contributed by atoms with Crippen LogP contribution in [0.1, 0.15) is 0 Å². The molecule has 0 fully saturated rings. The van der Waals surface area contributed by atoms with Gasteiger partial charge in [0.05, 0.1) is 19.8 Å². The predicted octanol–water partition coefficient (Wildman–Crippen LogP) is -0.757. The number of aliphatic hydroxyl groups excluding tert-OH is 2. The van der Waals surface area contributed by atoms with Gasteiger partial charge in [-0.3, -0.25) is 0 Å². The van der Waals surface area contributed by atoms with Crippen LogP contribution in [0.2, 0.25) is 0 Å². The lowest BCUT2D eigenvalue weighted by Crippen LogP contribution is -2.12. The Hall–Kier alpha value is 0.230. The van der Waals surface area contributed by atoms with Gasteiger partial charge >= 0.3 is 0 Å². The number of aliphatic hydroxyl groups is 2. The third-order valence-corrected chi connectivity index (χ3v) is 0.870. The molecule has 0 spiro atoms. The van der Waals surface area contributed by atoms with E-state index in [-0.39, 0.29) is 19.8 Å². The van der Waals surface area contributed by atoms with Gasteiger partial charge in [0.1, 0.15) is 5.44 Å². The highest BCUT2D eigenvalue weighted by atomic mass is 32.1. The second kappa shape index (κ2) is 5.37. The zero-order valence-electron chi connectivity index (χ0n) is 4.45. The van der Waals surface area contributed by atoms with E-state index in [1.54, 1.807) is 0 Å². The topological polar surface area (TPSA) is 49.7 Å². The Kier molecular flexibility index (Phi) is 5.52. The van der Waals surface area contributed by atoms with Crippen molar-refractivity contribution >= 4 is 12.6 Å². The molecule has 0 saturated carbocycles. The average molecular weight is 138 g/mol. The fourth-order valence-corrected chi connectivity index (χ4v) is 0.347. The van der Waals surface area contributed by atoms with Gasteiger partial charge in [-0.15, -0.1) is 12.6 Å². The monoisotopic (exact) mass is 138 g/mol. The smallest absolute Gasteiger partial charge is 0.123 e. The predicted molar refractivity (Wildman–Crippen MR) is 32.9 cm³/mol. The maximum atomic E-state index is 8.28. The molecule has 0 rings (SSSR count). The highest BCUT2D eigenvalue weighted by Crippen LogP contribution is 1.93. The van der Waals surface area contributed by atoms with Gasteiger partial charge in [0.15, 0.2) is 0 Å². The first-order chi connectivity index (χ1) is 3.81. The summed E-state index contributed by atoms with van der Waals surface area (Å²) in [6.07, 6.45) is 0. The van der Waals surface area contributed by atoms with E-state index in [4.69, 9.17) is 14.9 Å². The molecular weight excluding hydrogens is 128 g/mol. The van der Waals surface area contributed by atoms with Crippen LogP contribution in [0.4, 0.5) is 0 Å². The summed E-state index contributed by atoms with van der Waals surface area (Å²) < 4.78 is 4.70. The summed E-state index contributed by atoms with van der Waals surface area (Å²) in [6, 6.07) is 0. The number of hydrogen-bond acceptors (Lipinski definition) is 4. The van der Waals surface area contributed by atoms with Crippen LogP contribution in [0, 0.1) is 0 Å². The fraction of sp³-hybridized carbons (Fsp3) is 1.00. The summed E-state index contributed by atoms with van der Waals surface area (Å²) in [6.45, 7) is 0.0783. The Labute approximate surface area is 53.7 Å². The molecule has 0 saturated heterocycles. The van der Waals surface area contributed by atoms with Gasteiger partial charge in [0.2, 0.25) is 0 Å². The lowest BCUT2D eigenvalue weighted by molar-refractivity contribution is 0.0462. The quantitative estimate of drug-likeness (QED) is 0.353. The summed E-state index contributed by atoms with van der Waals surface area (Å²) in [5.41, 5.74) is -0.456. The molecule has 0 aromatic heterocycles. The summed E-state index contributed by atoms with van der Waals surface area (Å²) >= 11 is 3.78. The Morgan fingerprint density at radius 2 is 2.12 bits per heavy atom. The molecule has 4 heteroatoms. The van der Waals surface area contributed by atoms with Crippen molar-refractivity contribution in [3.8, 4) is 0 Å². The minimum Gasteiger partial charge on any atom is -0.394 e. The van der Waals surface area contributed by atoms with E-state index in [1.807, 2.05) is 0 Å². The molecule has 0 heterocycles. The van der Waals surface area contributed by atoms with Gasteiger partial charge in [0.25, 0.3) is 0 Å². The van der Waals surface area contributed by atoms with Gasteiger partial charge in [-0.2, -0.15) is 0 Å². The second-order valence-electron chi connectivity index (χ2n) is 1.23. The van der Waals surface area contributed by atoms with Crippen LogP contribution in [-0.4, -0.2) is 35.5 Å². The van der Waals surface area contributed by atoms with Crippen molar-refractivity contribution in [3.05, 3.63) is 0 Å². The maximum Gasteiger partial charge on any atom is 0.123 e. The van der Waals surface area contributed by atoms with E-state index >= 15 is 0 Å². The van der Waals surface area contributed by atoms with Crippen molar-refractivity contribution in [1.82, 2.24) is 0 Å². The fourth-order valence-electron chi connectivity index (χ4n) is 0.241. The highest BCUT2D eigenvalue weighted by Gasteiger charge is 1.96. The van der Waals surface area contributed by atoms with Gasteiger partial charge in [-0.25, -0.2) is 0 Å². The van der Waals surface area contributed by atoms with Crippen molar-refractivity contribution in [1.29, 1.82) is 0 Å². The summed E-state index contributed by atoms with van der Waals surface area (Å²) in [5, 5.41) is 16.4. The normalized spacial score (nSPS) is 13.9. The van der Waals surface area contributed by atoms with E-state index in [0.29, 0.717) is 0 Å². The SMILES string of the molecule is OCCOC(S)CO. The van der Waals surface area contributed by atoms with E-state index in [1.165, 1.54) is 0 Å². The molecule has 2 N–H and O–H groups in total. The van der Waals surface area contributed by atoms with Crippen molar-refractivity contribution in [2.24, 2.45) is 0 Å². The molecule has 0 aromatic carbocycles. The Balaban J connectivity index is 2.86. The zero-order valence-corrected chi connectivity index (χ0v) is 5.34. The molecule has 0 aliphatic rings. The Morgan fingerprint density at radius 1 is 1.50 bits per heavy atom. The number of hydrogen-bond donors (Lipinski definition) is 3. The molecule has 0 bridgehead atoms. The molecule has 1 unspecified atom stereocenters. The summed E-state index contributed by atoms with van der Waals surface area (Å²) in [7, 11) is 0. The highest BCUT2D eigenvalue weighted by molar-refractivity contribution is 7.80. The van der Waals surface area contributed by atoms with Crippen LogP contribution < -0.4 is 0 Å². The Bertz CT molecular complexity index is 50.5. The summed E-state index contributed by atoms with van der Waals surface area (Å²) in [4.78, 5) is 0. The molecule has 0 aliphatic heterocycles. The minimum atomic E-state index is -0.456. The van der Waals surface area contributed by atoms with Crippen molar-refractivity contribution in [2.75, 3.05) is 19.8 Å². The molecule has 8 heavy (non-hydrogen) atoms. The molecule has 1 atom stereocenters. The number of rotatable bonds is 4. The van der Waals surface area contributed by atoms with Gasteiger partial charge in [-0.1, -0.05) is 0 Å². The maximum absolute atomic E-state index is 8.28. The van der Waals surface area contributed by atoms with Crippen LogP contribution in [0.5, 0.6) is 0 Å². The first-order valence-electron chi connectivity index (χ1n) is 2.32. The van der Waals surface area contributed by atoms with E-state index < -0.39 is 5.44 Å². The van der Waals surface area contributed by atoms with E-state index in [2.05, 4.69) is 12.6 Å². The second-order valence-corrected chi connectivity index (χ2v) is 1.81. The van der Waals surface area contributed by atoms with Crippen LogP contribution in [0.3, 0.4) is 0 Å². The summed E-state index contributed by atoms with van der Waals surface area (Å²) in [5.74, 6) is 0. The van der Waals surface area contributed by atoms with Crippen molar-refractivity contribution in [3.63, 3.8) is 0 Å². The molecule has 50 valence electrons. The van der Waals surface area contributed by atoms with Gasteiger partial charge in [0, 0.05) is 0 Å². The standard InChI is InChI=1S/C4H10O3S/c5-1-2-7-4(8)3-6/h4-6,8H,1-3H2. The van der Waals surface area contributed by atoms with Crippen molar-refractivity contribution in [2.45, 2.75) is 5.44 Å². The molecule has 0 radical (unpaired) electrons. The minimum absolute atomic E-state index is 0.0307. The van der Waals surface area contributed by atoms with Crippen LogP contribution in [0.15, 0.2) is 0 Å². The Morgan fingerprint density at radius 3 is 2.50 bits per heavy atom. The molecule has 0 aromatic rings.